The standard InChI is InChI=1S/C14H8Cl2FNO2S/c15-11-4-5-12(16)13(6-11)21(19,20)8-10-3-1-2-9(7-18)14(10)17/h1-6H,8H2. The van der Waals surface area contributed by atoms with E-state index in [0.29, 0.717) is 0 Å². The van der Waals surface area contributed by atoms with Crippen LogP contribution in [0.1, 0.15) is 11.1 Å². The lowest BCUT2D eigenvalue weighted by Gasteiger charge is -2.08. The van der Waals surface area contributed by atoms with Crippen LogP contribution in [0.3, 0.4) is 0 Å². The van der Waals surface area contributed by atoms with Crippen LogP contribution in [0.4, 0.5) is 4.39 Å². The van der Waals surface area contributed by atoms with Gasteiger partial charge in [-0.1, -0.05) is 35.3 Å². The van der Waals surface area contributed by atoms with Gasteiger partial charge in [0.05, 0.1) is 21.2 Å². The summed E-state index contributed by atoms with van der Waals surface area (Å²) in [5.74, 6) is -1.45. The van der Waals surface area contributed by atoms with Crippen molar-refractivity contribution >= 4 is 33.0 Å². The highest BCUT2D eigenvalue weighted by Gasteiger charge is 2.22. The molecule has 108 valence electrons. The Hall–Kier alpha value is -1.61. The van der Waals surface area contributed by atoms with Crippen molar-refractivity contribution in [1.82, 2.24) is 0 Å². The van der Waals surface area contributed by atoms with E-state index in [-0.39, 0.29) is 26.1 Å². The average molecular weight is 344 g/mol. The van der Waals surface area contributed by atoms with Gasteiger partial charge < -0.3 is 0 Å². The summed E-state index contributed by atoms with van der Waals surface area (Å²) in [5.41, 5.74) is -0.301. The van der Waals surface area contributed by atoms with Gasteiger partial charge in [-0.3, -0.25) is 0 Å². The number of nitrogens with zero attached hydrogens (tertiary/aromatic N) is 1. The van der Waals surface area contributed by atoms with E-state index >= 15 is 0 Å². The largest absolute Gasteiger partial charge is 0.223 e. The van der Waals surface area contributed by atoms with Gasteiger partial charge in [-0.2, -0.15) is 5.26 Å². The summed E-state index contributed by atoms with van der Waals surface area (Å²) in [6.07, 6.45) is 0. The van der Waals surface area contributed by atoms with Gasteiger partial charge in [0.1, 0.15) is 11.9 Å². The summed E-state index contributed by atoms with van der Waals surface area (Å²) < 4.78 is 38.6. The zero-order chi connectivity index (χ0) is 15.6. The van der Waals surface area contributed by atoms with E-state index in [4.69, 9.17) is 28.5 Å². The second kappa shape index (κ2) is 6.02. The fourth-order valence-corrected chi connectivity index (χ4v) is 3.94. The maximum atomic E-state index is 14.0. The van der Waals surface area contributed by atoms with Crippen molar-refractivity contribution in [3.05, 3.63) is 63.4 Å². The van der Waals surface area contributed by atoms with Crippen molar-refractivity contribution in [1.29, 1.82) is 5.26 Å². The Balaban J connectivity index is 2.48. The number of hydrogen-bond acceptors (Lipinski definition) is 3. The van der Waals surface area contributed by atoms with Gasteiger partial charge in [-0.05, 0) is 24.3 Å². The molecule has 0 bridgehead atoms. The minimum Gasteiger partial charge on any atom is -0.223 e. The molecular formula is C14H8Cl2FNO2S. The summed E-state index contributed by atoms with van der Waals surface area (Å²) in [6.45, 7) is 0. The van der Waals surface area contributed by atoms with Crippen molar-refractivity contribution in [3.63, 3.8) is 0 Å². The third kappa shape index (κ3) is 3.35. The van der Waals surface area contributed by atoms with Gasteiger partial charge >= 0.3 is 0 Å². The van der Waals surface area contributed by atoms with Crippen LogP contribution >= 0.6 is 23.2 Å². The number of sulfone groups is 1. The number of hydrogen-bond donors (Lipinski definition) is 0. The first-order chi connectivity index (χ1) is 9.85. The zero-order valence-corrected chi connectivity index (χ0v) is 12.8. The van der Waals surface area contributed by atoms with Crippen molar-refractivity contribution < 1.29 is 12.8 Å². The van der Waals surface area contributed by atoms with Crippen molar-refractivity contribution in [2.45, 2.75) is 10.6 Å². The van der Waals surface area contributed by atoms with Gasteiger partial charge in [-0.15, -0.1) is 0 Å². The van der Waals surface area contributed by atoms with Crippen molar-refractivity contribution in [3.8, 4) is 6.07 Å². The van der Waals surface area contributed by atoms with Crippen LogP contribution in [0.25, 0.3) is 0 Å². The summed E-state index contributed by atoms with van der Waals surface area (Å²) in [5, 5.41) is 8.98. The fourth-order valence-electron chi connectivity index (χ4n) is 1.78. The second-order valence-corrected chi connectivity index (χ2v) is 7.03. The van der Waals surface area contributed by atoms with E-state index in [1.807, 2.05) is 0 Å². The SMILES string of the molecule is N#Cc1cccc(CS(=O)(=O)c2cc(Cl)ccc2Cl)c1F. The molecule has 0 amide bonds. The molecule has 0 aliphatic carbocycles. The predicted molar refractivity (Wildman–Crippen MR) is 78.5 cm³/mol. The van der Waals surface area contributed by atoms with E-state index in [1.165, 1.54) is 36.4 Å². The first-order valence-electron chi connectivity index (χ1n) is 5.70. The van der Waals surface area contributed by atoms with Crippen LogP contribution < -0.4 is 0 Å². The van der Waals surface area contributed by atoms with Gasteiger partial charge in [0, 0.05) is 10.6 Å². The highest BCUT2D eigenvalue weighted by Crippen LogP contribution is 2.28. The summed E-state index contributed by atoms with van der Waals surface area (Å²) in [6, 6.07) is 9.71. The molecule has 2 rings (SSSR count). The molecule has 0 spiro atoms. The molecule has 2 aromatic carbocycles. The van der Waals surface area contributed by atoms with Crippen LogP contribution in [0.5, 0.6) is 0 Å². The molecule has 0 unspecified atom stereocenters. The van der Waals surface area contributed by atoms with Gasteiger partial charge in [-0.25, -0.2) is 12.8 Å². The maximum Gasteiger partial charge on any atom is 0.184 e. The quantitative estimate of drug-likeness (QED) is 0.846. The van der Waals surface area contributed by atoms with E-state index in [1.54, 1.807) is 6.07 Å². The Morgan fingerprint density at radius 3 is 2.57 bits per heavy atom. The third-order valence-corrected chi connectivity index (χ3v) is 5.15. The molecule has 21 heavy (non-hydrogen) atoms. The molecule has 7 heteroatoms. The van der Waals surface area contributed by atoms with Crippen LogP contribution in [0, 0.1) is 17.1 Å². The van der Waals surface area contributed by atoms with Crippen LogP contribution in [-0.2, 0) is 15.6 Å². The topological polar surface area (TPSA) is 57.9 Å². The van der Waals surface area contributed by atoms with E-state index in [0.717, 1.165) is 0 Å². The molecule has 0 aliphatic heterocycles. The molecule has 0 radical (unpaired) electrons. The van der Waals surface area contributed by atoms with E-state index < -0.39 is 21.4 Å². The summed E-state index contributed by atoms with van der Waals surface area (Å²) >= 11 is 11.6. The van der Waals surface area contributed by atoms with Crippen molar-refractivity contribution in [2.75, 3.05) is 0 Å². The smallest absolute Gasteiger partial charge is 0.184 e. The molecule has 0 saturated heterocycles. The first-order valence-corrected chi connectivity index (χ1v) is 8.11. The Kier molecular flexibility index (Phi) is 4.52. The van der Waals surface area contributed by atoms with Gasteiger partial charge in [0.25, 0.3) is 0 Å². The molecule has 0 heterocycles. The van der Waals surface area contributed by atoms with Gasteiger partial charge in [0.15, 0.2) is 9.84 Å². The fraction of sp³-hybridized carbons (Fsp3) is 0.0714. The lowest BCUT2D eigenvalue weighted by Crippen LogP contribution is -2.08. The third-order valence-electron chi connectivity index (χ3n) is 2.77. The summed E-state index contributed by atoms with van der Waals surface area (Å²) in [4.78, 5) is -0.168. The normalized spacial score (nSPS) is 11.1. The highest BCUT2D eigenvalue weighted by molar-refractivity contribution is 7.90. The van der Waals surface area contributed by atoms with E-state index in [2.05, 4.69) is 0 Å². The minimum atomic E-state index is -3.88. The Bertz CT molecular complexity index is 845. The first kappa shape index (κ1) is 15.8. The zero-order valence-electron chi connectivity index (χ0n) is 10.5. The highest BCUT2D eigenvalue weighted by atomic mass is 35.5. The lowest BCUT2D eigenvalue weighted by molar-refractivity contribution is 0.586. The Labute approximate surface area is 131 Å². The van der Waals surface area contributed by atoms with Crippen LogP contribution in [0.2, 0.25) is 10.0 Å². The second-order valence-electron chi connectivity index (χ2n) is 4.22. The molecule has 3 nitrogen and oxygen atoms in total. The molecule has 0 aromatic heterocycles. The maximum absolute atomic E-state index is 14.0. The monoisotopic (exact) mass is 343 g/mol. The van der Waals surface area contributed by atoms with Gasteiger partial charge in [0.2, 0.25) is 0 Å². The van der Waals surface area contributed by atoms with E-state index in [9.17, 15) is 12.8 Å². The molecule has 0 N–H and O–H groups in total. The number of rotatable bonds is 3. The molecule has 0 saturated carbocycles. The van der Waals surface area contributed by atoms with Crippen LogP contribution in [-0.4, -0.2) is 8.42 Å². The number of benzene rings is 2. The summed E-state index contributed by atoms with van der Waals surface area (Å²) in [7, 11) is -3.88. The molecule has 0 aliphatic rings. The molecular weight excluding hydrogens is 336 g/mol. The Morgan fingerprint density at radius 2 is 1.90 bits per heavy atom. The lowest BCUT2D eigenvalue weighted by atomic mass is 10.1. The molecule has 0 fully saturated rings. The molecule has 0 atom stereocenters. The minimum absolute atomic E-state index is 0.0104. The predicted octanol–water partition coefficient (Wildman–Crippen LogP) is 3.98. The average Bonchev–Trinajstić information content (AvgIpc) is 2.43. The number of halogens is 3. The van der Waals surface area contributed by atoms with Crippen molar-refractivity contribution in [2.24, 2.45) is 0 Å². The van der Waals surface area contributed by atoms with Crippen LogP contribution in [0.15, 0.2) is 41.3 Å². The Morgan fingerprint density at radius 1 is 1.19 bits per heavy atom. The molecule has 2 aromatic rings. The number of nitriles is 1.